The van der Waals surface area contributed by atoms with Gasteiger partial charge < -0.3 is 14.7 Å². The lowest BCUT2D eigenvalue weighted by molar-refractivity contribution is -0.128. The molecule has 1 aromatic heterocycles. The third-order valence-electron chi connectivity index (χ3n) is 4.41. The highest BCUT2D eigenvalue weighted by atomic mass is 16.5. The van der Waals surface area contributed by atoms with E-state index in [9.17, 15) is 9.90 Å². The van der Waals surface area contributed by atoms with E-state index in [1.165, 1.54) is 0 Å². The molecule has 6 heteroatoms. The molecule has 25 heavy (non-hydrogen) atoms. The second-order valence-corrected chi connectivity index (χ2v) is 6.45. The van der Waals surface area contributed by atoms with Crippen LogP contribution in [0.3, 0.4) is 0 Å². The van der Waals surface area contributed by atoms with Crippen LogP contribution in [0, 0.1) is 12.8 Å². The minimum absolute atomic E-state index is 0.167. The summed E-state index contributed by atoms with van der Waals surface area (Å²) in [6.45, 7) is 3.84. The van der Waals surface area contributed by atoms with Crippen molar-refractivity contribution in [2.45, 2.75) is 19.8 Å². The maximum Gasteiger partial charge on any atom is 0.223 e. The number of aromatic hydroxyl groups is 1. The maximum absolute atomic E-state index is 12.1. The molecular formula is C19H23N3O3. The number of rotatable bonds is 6. The number of para-hydroxylation sites is 1. The number of methoxy groups -OCH3 is 1. The van der Waals surface area contributed by atoms with Crippen molar-refractivity contribution in [3.05, 3.63) is 41.7 Å². The number of hydrogen-bond donors (Lipinski definition) is 1. The summed E-state index contributed by atoms with van der Waals surface area (Å²) in [5.41, 5.74) is 2.37. The minimum atomic E-state index is 0.167. The van der Waals surface area contributed by atoms with Gasteiger partial charge >= 0.3 is 0 Å². The van der Waals surface area contributed by atoms with Gasteiger partial charge in [0, 0.05) is 38.0 Å². The number of phenolic OH excluding ortho intramolecular Hbond substituents is 1. The zero-order valence-corrected chi connectivity index (χ0v) is 14.6. The van der Waals surface area contributed by atoms with Gasteiger partial charge in [0.25, 0.3) is 0 Å². The first-order valence-corrected chi connectivity index (χ1v) is 8.46. The summed E-state index contributed by atoms with van der Waals surface area (Å²) in [6.07, 6.45) is 1.26. The van der Waals surface area contributed by atoms with Crippen molar-refractivity contribution in [2.75, 3.05) is 26.8 Å². The van der Waals surface area contributed by atoms with Crippen molar-refractivity contribution >= 4 is 5.91 Å². The van der Waals surface area contributed by atoms with Gasteiger partial charge in [-0.3, -0.25) is 4.79 Å². The summed E-state index contributed by atoms with van der Waals surface area (Å²) in [7, 11) is 1.64. The molecule has 1 atom stereocenters. The Kier molecular flexibility index (Phi) is 5.28. The molecule has 2 aromatic rings. The average Bonchev–Trinajstić information content (AvgIpc) is 2.92. The van der Waals surface area contributed by atoms with Gasteiger partial charge in [0.05, 0.1) is 12.2 Å². The fourth-order valence-electron chi connectivity index (χ4n) is 3.23. The van der Waals surface area contributed by atoms with E-state index in [0.29, 0.717) is 31.0 Å². The number of ether oxygens (including phenoxy) is 1. The van der Waals surface area contributed by atoms with Gasteiger partial charge in [-0.2, -0.15) is 0 Å². The van der Waals surface area contributed by atoms with Crippen LogP contribution in [-0.4, -0.2) is 52.7 Å². The Hall–Kier alpha value is -2.47. The summed E-state index contributed by atoms with van der Waals surface area (Å²) < 4.78 is 5.06. The van der Waals surface area contributed by atoms with Crippen molar-refractivity contribution in [2.24, 2.45) is 5.92 Å². The lowest BCUT2D eigenvalue weighted by Gasteiger charge is -2.16. The number of carbonyl (C=O) groups excluding carboxylic acids is 1. The van der Waals surface area contributed by atoms with E-state index in [0.717, 1.165) is 24.4 Å². The number of likely N-dealkylation sites (tertiary alicyclic amines) is 1. The van der Waals surface area contributed by atoms with E-state index in [2.05, 4.69) is 9.97 Å². The minimum Gasteiger partial charge on any atom is -0.507 e. The van der Waals surface area contributed by atoms with Crippen molar-refractivity contribution in [1.82, 2.24) is 14.9 Å². The number of phenols is 1. The number of aryl methyl sites for hydroxylation is 1. The quantitative estimate of drug-likeness (QED) is 0.872. The molecule has 1 aliphatic heterocycles. The zero-order valence-electron chi connectivity index (χ0n) is 14.6. The Morgan fingerprint density at radius 3 is 2.88 bits per heavy atom. The third kappa shape index (κ3) is 4.14. The first-order valence-electron chi connectivity index (χ1n) is 8.46. The van der Waals surface area contributed by atoms with E-state index in [-0.39, 0.29) is 17.6 Å². The summed E-state index contributed by atoms with van der Waals surface area (Å²) in [6, 6.07) is 9.01. The largest absolute Gasteiger partial charge is 0.507 e. The monoisotopic (exact) mass is 341 g/mol. The Morgan fingerprint density at radius 1 is 1.32 bits per heavy atom. The van der Waals surface area contributed by atoms with Gasteiger partial charge in [-0.25, -0.2) is 9.97 Å². The third-order valence-corrected chi connectivity index (χ3v) is 4.41. The number of aromatic nitrogens is 2. The van der Waals surface area contributed by atoms with Crippen LogP contribution < -0.4 is 0 Å². The summed E-state index contributed by atoms with van der Waals surface area (Å²) in [5.74, 6) is 1.11. The summed E-state index contributed by atoms with van der Waals surface area (Å²) in [4.78, 5) is 23.0. The molecular weight excluding hydrogens is 318 g/mol. The molecule has 3 rings (SSSR count). The van der Waals surface area contributed by atoms with Crippen molar-refractivity contribution < 1.29 is 14.6 Å². The summed E-state index contributed by atoms with van der Waals surface area (Å²) in [5, 5.41) is 10.0. The normalized spacial score (nSPS) is 17.3. The Morgan fingerprint density at radius 2 is 2.12 bits per heavy atom. The smallest absolute Gasteiger partial charge is 0.223 e. The highest BCUT2D eigenvalue weighted by Crippen LogP contribution is 2.27. The molecule has 1 fully saturated rings. The Labute approximate surface area is 147 Å². The molecule has 1 aromatic carbocycles. The van der Waals surface area contributed by atoms with E-state index in [1.54, 1.807) is 25.3 Å². The molecule has 0 aliphatic carbocycles. The number of nitrogens with zero attached hydrogens (tertiary/aromatic N) is 3. The molecule has 0 saturated carbocycles. The predicted octanol–water partition coefficient (Wildman–Crippen LogP) is 2.20. The molecule has 1 unspecified atom stereocenters. The number of carbonyl (C=O) groups is 1. The van der Waals surface area contributed by atoms with Crippen LogP contribution in [0.4, 0.5) is 0 Å². The number of amides is 1. The van der Waals surface area contributed by atoms with Crippen molar-refractivity contribution in [3.8, 4) is 17.1 Å². The van der Waals surface area contributed by atoms with Gasteiger partial charge in [0.15, 0.2) is 5.82 Å². The lowest BCUT2D eigenvalue weighted by Crippen LogP contribution is -2.29. The zero-order chi connectivity index (χ0) is 17.8. The molecule has 1 aliphatic rings. The maximum atomic E-state index is 12.1. The van der Waals surface area contributed by atoms with Crippen LogP contribution in [0.15, 0.2) is 30.3 Å². The molecule has 0 bridgehead atoms. The second kappa shape index (κ2) is 7.61. The van der Waals surface area contributed by atoms with E-state index in [4.69, 9.17) is 4.74 Å². The van der Waals surface area contributed by atoms with Crippen LogP contribution in [0.5, 0.6) is 5.75 Å². The molecule has 132 valence electrons. The average molecular weight is 341 g/mol. The topological polar surface area (TPSA) is 75.6 Å². The first-order chi connectivity index (χ1) is 12.1. The molecule has 1 saturated heterocycles. The number of hydrogen-bond acceptors (Lipinski definition) is 5. The Bertz CT molecular complexity index is 763. The van der Waals surface area contributed by atoms with Gasteiger partial charge in [-0.1, -0.05) is 12.1 Å². The highest BCUT2D eigenvalue weighted by Gasteiger charge is 2.29. The van der Waals surface area contributed by atoms with Crippen LogP contribution in [0.1, 0.15) is 17.8 Å². The molecule has 0 spiro atoms. The van der Waals surface area contributed by atoms with E-state index < -0.39 is 0 Å². The van der Waals surface area contributed by atoms with E-state index in [1.807, 2.05) is 24.0 Å². The van der Waals surface area contributed by atoms with Gasteiger partial charge in [-0.05, 0) is 37.5 Å². The van der Waals surface area contributed by atoms with Crippen LogP contribution in [0.25, 0.3) is 11.4 Å². The van der Waals surface area contributed by atoms with Gasteiger partial charge in [0.2, 0.25) is 5.91 Å². The van der Waals surface area contributed by atoms with Crippen molar-refractivity contribution in [1.29, 1.82) is 0 Å². The van der Waals surface area contributed by atoms with Crippen LogP contribution >= 0.6 is 0 Å². The highest BCUT2D eigenvalue weighted by molar-refractivity contribution is 5.78. The standard InChI is InChI=1S/C19H23N3O3/c1-13-9-15(10-14-11-18(24)22(12-14)7-8-25-2)21-19(20-13)16-5-3-4-6-17(16)23/h3-6,9,14,23H,7-8,10-12H2,1-2H3. The molecule has 0 radical (unpaired) electrons. The molecule has 2 heterocycles. The first kappa shape index (κ1) is 17.4. The second-order valence-electron chi connectivity index (χ2n) is 6.45. The lowest BCUT2D eigenvalue weighted by atomic mass is 10.0. The molecule has 1 N–H and O–H groups in total. The predicted molar refractivity (Wildman–Crippen MR) is 94.1 cm³/mol. The van der Waals surface area contributed by atoms with Crippen molar-refractivity contribution in [3.63, 3.8) is 0 Å². The fraction of sp³-hybridized carbons (Fsp3) is 0.421. The van der Waals surface area contributed by atoms with Gasteiger partial charge in [-0.15, -0.1) is 0 Å². The SMILES string of the molecule is COCCN1CC(Cc2cc(C)nc(-c3ccccc3O)n2)CC1=O. The van der Waals surface area contributed by atoms with Gasteiger partial charge in [0.1, 0.15) is 5.75 Å². The molecule has 6 nitrogen and oxygen atoms in total. The van der Waals surface area contributed by atoms with Crippen LogP contribution in [0.2, 0.25) is 0 Å². The fourth-order valence-corrected chi connectivity index (χ4v) is 3.23. The van der Waals surface area contributed by atoms with E-state index >= 15 is 0 Å². The summed E-state index contributed by atoms with van der Waals surface area (Å²) >= 11 is 0. The van der Waals surface area contributed by atoms with Crippen LogP contribution in [-0.2, 0) is 16.0 Å². The number of benzene rings is 1. The Balaban J connectivity index is 1.76. The molecule has 1 amide bonds.